The number of ether oxygens (including phenoxy) is 2. The molecule has 0 amide bonds. The lowest BCUT2D eigenvalue weighted by atomic mass is 9.71. The Kier molecular flexibility index (Phi) is 7.31. The second-order valence-corrected chi connectivity index (χ2v) is 6.97. The summed E-state index contributed by atoms with van der Waals surface area (Å²) in [6.45, 7) is 4.93. The van der Waals surface area contributed by atoms with E-state index in [1.165, 1.54) is 0 Å². The smallest absolute Gasteiger partial charge is 0.338 e. The van der Waals surface area contributed by atoms with Crippen LogP contribution in [0.25, 0.3) is 0 Å². The first-order chi connectivity index (χ1) is 12.1. The predicted molar refractivity (Wildman–Crippen MR) is 97.5 cm³/mol. The van der Waals surface area contributed by atoms with Gasteiger partial charge >= 0.3 is 5.97 Å². The van der Waals surface area contributed by atoms with Crippen LogP contribution in [0.5, 0.6) is 5.75 Å². The largest absolute Gasteiger partial charge is 0.494 e. The molecule has 1 aliphatic rings. The molecule has 0 atom stereocenters. The summed E-state index contributed by atoms with van der Waals surface area (Å²) in [6.07, 6.45) is 7.18. The SMILES string of the molecule is CCCCOc1ccc(C(=O)O[C@H]2CC[C@](C#N)(CCC)CC2)cc1. The second kappa shape index (κ2) is 9.46. The Morgan fingerprint density at radius 2 is 1.88 bits per heavy atom. The number of nitrogens with zero attached hydrogens (tertiary/aromatic N) is 1. The molecular formula is C21H29NO3. The Bertz CT molecular complexity index is 580. The molecule has 0 saturated heterocycles. The van der Waals surface area contributed by atoms with Gasteiger partial charge in [0.25, 0.3) is 0 Å². The van der Waals surface area contributed by atoms with Crippen LogP contribution >= 0.6 is 0 Å². The minimum absolute atomic E-state index is 0.0775. The molecule has 136 valence electrons. The van der Waals surface area contributed by atoms with Crippen molar-refractivity contribution in [2.24, 2.45) is 5.41 Å². The van der Waals surface area contributed by atoms with Gasteiger partial charge in [0.1, 0.15) is 11.9 Å². The fraction of sp³-hybridized carbons (Fsp3) is 0.619. The van der Waals surface area contributed by atoms with E-state index in [-0.39, 0.29) is 17.5 Å². The van der Waals surface area contributed by atoms with Crippen molar-refractivity contribution < 1.29 is 14.3 Å². The number of benzene rings is 1. The van der Waals surface area contributed by atoms with Crippen LogP contribution in [0.2, 0.25) is 0 Å². The molecule has 0 aromatic heterocycles. The van der Waals surface area contributed by atoms with Gasteiger partial charge in [-0.2, -0.15) is 5.26 Å². The summed E-state index contributed by atoms with van der Waals surface area (Å²) in [4.78, 5) is 12.3. The molecule has 0 spiro atoms. The van der Waals surface area contributed by atoms with E-state index in [9.17, 15) is 10.1 Å². The van der Waals surface area contributed by atoms with Gasteiger partial charge in [0.15, 0.2) is 0 Å². The lowest BCUT2D eigenvalue weighted by Gasteiger charge is -2.34. The minimum atomic E-state index is -0.287. The number of rotatable bonds is 8. The summed E-state index contributed by atoms with van der Waals surface area (Å²) in [6, 6.07) is 9.63. The zero-order chi connectivity index (χ0) is 18.1. The van der Waals surface area contributed by atoms with Crippen LogP contribution in [-0.2, 0) is 4.74 Å². The molecule has 0 heterocycles. The maximum absolute atomic E-state index is 12.3. The van der Waals surface area contributed by atoms with E-state index in [0.717, 1.165) is 57.1 Å². The molecule has 0 radical (unpaired) electrons. The average Bonchev–Trinajstić information content (AvgIpc) is 2.64. The molecule has 4 heteroatoms. The summed E-state index contributed by atoms with van der Waals surface area (Å²) in [5, 5.41) is 9.45. The van der Waals surface area contributed by atoms with Crippen LogP contribution in [0.15, 0.2) is 24.3 Å². The highest BCUT2D eigenvalue weighted by atomic mass is 16.5. The Balaban J connectivity index is 1.83. The fourth-order valence-electron chi connectivity index (χ4n) is 3.40. The Morgan fingerprint density at radius 3 is 2.44 bits per heavy atom. The Labute approximate surface area is 151 Å². The lowest BCUT2D eigenvalue weighted by molar-refractivity contribution is 0.0106. The van der Waals surface area contributed by atoms with Gasteiger partial charge < -0.3 is 9.47 Å². The normalized spacial score (nSPS) is 22.8. The second-order valence-electron chi connectivity index (χ2n) is 6.97. The van der Waals surface area contributed by atoms with Crippen molar-refractivity contribution in [2.45, 2.75) is 71.3 Å². The molecule has 25 heavy (non-hydrogen) atoms. The molecule has 0 unspecified atom stereocenters. The number of esters is 1. The number of unbranched alkanes of at least 4 members (excludes halogenated alkanes) is 1. The van der Waals surface area contributed by atoms with Gasteiger partial charge in [-0.1, -0.05) is 26.7 Å². The van der Waals surface area contributed by atoms with E-state index in [4.69, 9.17) is 9.47 Å². The first-order valence-electron chi connectivity index (χ1n) is 9.47. The number of carbonyl (C=O) groups excluding carboxylic acids is 1. The molecule has 1 aromatic rings. The van der Waals surface area contributed by atoms with Crippen molar-refractivity contribution in [2.75, 3.05) is 6.61 Å². The van der Waals surface area contributed by atoms with E-state index in [1.807, 2.05) is 12.1 Å². The van der Waals surface area contributed by atoms with Gasteiger partial charge in [0, 0.05) is 0 Å². The van der Waals surface area contributed by atoms with Gasteiger partial charge in [-0.25, -0.2) is 4.79 Å². The summed E-state index contributed by atoms with van der Waals surface area (Å²) in [7, 11) is 0. The summed E-state index contributed by atoms with van der Waals surface area (Å²) in [5.74, 6) is 0.492. The molecule has 1 fully saturated rings. The zero-order valence-corrected chi connectivity index (χ0v) is 15.4. The van der Waals surface area contributed by atoms with Crippen molar-refractivity contribution in [3.05, 3.63) is 29.8 Å². The molecule has 1 saturated carbocycles. The van der Waals surface area contributed by atoms with E-state index >= 15 is 0 Å². The van der Waals surface area contributed by atoms with Gasteiger partial charge in [-0.15, -0.1) is 0 Å². The van der Waals surface area contributed by atoms with E-state index in [1.54, 1.807) is 12.1 Å². The van der Waals surface area contributed by atoms with E-state index in [0.29, 0.717) is 12.2 Å². The van der Waals surface area contributed by atoms with Crippen LogP contribution in [0.3, 0.4) is 0 Å². The summed E-state index contributed by atoms with van der Waals surface area (Å²) < 4.78 is 11.2. The topological polar surface area (TPSA) is 59.3 Å². The average molecular weight is 343 g/mol. The molecule has 0 N–H and O–H groups in total. The fourth-order valence-corrected chi connectivity index (χ4v) is 3.40. The van der Waals surface area contributed by atoms with Crippen LogP contribution < -0.4 is 4.74 Å². The third-order valence-corrected chi connectivity index (χ3v) is 4.99. The Morgan fingerprint density at radius 1 is 1.20 bits per heavy atom. The highest BCUT2D eigenvalue weighted by molar-refractivity contribution is 5.89. The van der Waals surface area contributed by atoms with Crippen LogP contribution in [-0.4, -0.2) is 18.7 Å². The number of hydrogen-bond donors (Lipinski definition) is 0. The predicted octanol–water partition coefficient (Wildman–Crippen LogP) is 5.27. The first-order valence-corrected chi connectivity index (χ1v) is 9.47. The quantitative estimate of drug-likeness (QED) is 0.476. The van der Waals surface area contributed by atoms with Crippen molar-refractivity contribution in [3.8, 4) is 11.8 Å². The van der Waals surface area contributed by atoms with Crippen molar-refractivity contribution in [3.63, 3.8) is 0 Å². The number of hydrogen-bond acceptors (Lipinski definition) is 4. The monoisotopic (exact) mass is 343 g/mol. The van der Waals surface area contributed by atoms with Crippen LogP contribution in [0, 0.1) is 16.7 Å². The molecule has 2 rings (SSSR count). The molecule has 0 bridgehead atoms. The van der Waals surface area contributed by atoms with Gasteiger partial charge in [-0.05, 0) is 62.8 Å². The molecule has 4 nitrogen and oxygen atoms in total. The van der Waals surface area contributed by atoms with Gasteiger partial charge in [-0.3, -0.25) is 0 Å². The number of nitriles is 1. The molecule has 1 aromatic carbocycles. The number of carbonyl (C=O) groups is 1. The first kappa shape index (κ1) is 19.3. The van der Waals surface area contributed by atoms with Crippen LogP contribution in [0.1, 0.15) is 75.6 Å². The minimum Gasteiger partial charge on any atom is -0.494 e. The Hall–Kier alpha value is -2.02. The third kappa shape index (κ3) is 5.49. The van der Waals surface area contributed by atoms with Crippen LogP contribution in [0.4, 0.5) is 0 Å². The van der Waals surface area contributed by atoms with Crippen molar-refractivity contribution in [1.82, 2.24) is 0 Å². The van der Waals surface area contributed by atoms with E-state index < -0.39 is 0 Å². The molecule has 0 aliphatic heterocycles. The third-order valence-electron chi connectivity index (χ3n) is 4.99. The van der Waals surface area contributed by atoms with Crippen molar-refractivity contribution in [1.29, 1.82) is 5.26 Å². The zero-order valence-electron chi connectivity index (χ0n) is 15.4. The van der Waals surface area contributed by atoms with E-state index in [2.05, 4.69) is 19.9 Å². The van der Waals surface area contributed by atoms with Gasteiger partial charge in [0.2, 0.25) is 0 Å². The maximum atomic E-state index is 12.3. The summed E-state index contributed by atoms with van der Waals surface area (Å²) in [5.41, 5.74) is 0.336. The summed E-state index contributed by atoms with van der Waals surface area (Å²) >= 11 is 0. The lowest BCUT2D eigenvalue weighted by Crippen LogP contribution is -2.31. The van der Waals surface area contributed by atoms with Crippen molar-refractivity contribution >= 4 is 5.97 Å². The molecule has 1 aliphatic carbocycles. The molecular weight excluding hydrogens is 314 g/mol. The maximum Gasteiger partial charge on any atom is 0.338 e. The standard InChI is InChI=1S/C21H29NO3/c1-3-5-15-24-18-8-6-17(7-9-18)20(23)25-19-10-13-21(16-22,12-4-2)14-11-19/h6-9,19H,3-5,10-15H2,1-2H3/t19-,21+. The van der Waals surface area contributed by atoms with Gasteiger partial charge in [0.05, 0.1) is 23.7 Å². The highest BCUT2D eigenvalue weighted by Crippen LogP contribution is 2.40. The highest BCUT2D eigenvalue weighted by Gasteiger charge is 2.36.